The van der Waals surface area contributed by atoms with Crippen LogP contribution in [0.4, 0.5) is 4.79 Å². The van der Waals surface area contributed by atoms with Gasteiger partial charge in [0.25, 0.3) is 0 Å². The van der Waals surface area contributed by atoms with E-state index in [1.165, 1.54) is 7.05 Å². The molecular formula is C9H17NO4. The second-order valence-electron chi connectivity index (χ2n) is 2.92. The third-order valence-corrected chi connectivity index (χ3v) is 1.77. The first-order valence-electron chi connectivity index (χ1n) is 4.65. The van der Waals surface area contributed by atoms with Gasteiger partial charge in [-0.2, -0.15) is 0 Å². The lowest BCUT2D eigenvalue weighted by Gasteiger charge is -2.17. The number of hydroxylamine groups is 2. The van der Waals surface area contributed by atoms with Crippen LogP contribution < -0.4 is 0 Å². The Labute approximate surface area is 83.9 Å². The molecule has 1 atom stereocenters. The summed E-state index contributed by atoms with van der Waals surface area (Å²) < 4.78 is 4.63. The van der Waals surface area contributed by atoms with Gasteiger partial charge >= 0.3 is 12.1 Å². The Kier molecular flexibility index (Phi) is 5.67. The number of nitrogens with zero attached hydrogens (tertiary/aromatic N) is 1. The van der Waals surface area contributed by atoms with Crippen LogP contribution in [0.2, 0.25) is 0 Å². The van der Waals surface area contributed by atoms with Crippen LogP contribution in [0.25, 0.3) is 0 Å². The van der Waals surface area contributed by atoms with Gasteiger partial charge in [-0.3, -0.25) is 0 Å². The van der Waals surface area contributed by atoms with Gasteiger partial charge in [0, 0.05) is 0 Å². The molecule has 0 spiro atoms. The van der Waals surface area contributed by atoms with Gasteiger partial charge in [-0.05, 0) is 13.3 Å². The maximum absolute atomic E-state index is 11.2. The Morgan fingerprint density at radius 3 is 2.36 bits per heavy atom. The van der Waals surface area contributed by atoms with E-state index in [0.717, 1.165) is 5.06 Å². The maximum Gasteiger partial charge on any atom is 0.443 e. The van der Waals surface area contributed by atoms with Gasteiger partial charge in [-0.1, -0.05) is 13.8 Å². The van der Waals surface area contributed by atoms with E-state index >= 15 is 0 Å². The fourth-order valence-electron chi connectivity index (χ4n) is 0.643. The van der Waals surface area contributed by atoms with Crippen molar-refractivity contribution in [2.75, 3.05) is 13.7 Å². The molecule has 0 radical (unpaired) electrons. The summed E-state index contributed by atoms with van der Waals surface area (Å²) in [6.07, 6.45) is 0.0133. The number of amides is 1. The number of carbonyl (C=O) groups excluding carboxylic acids is 2. The van der Waals surface area contributed by atoms with Crippen molar-refractivity contribution in [1.82, 2.24) is 5.06 Å². The number of carbonyl (C=O) groups is 2. The van der Waals surface area contributed by atoms with Gasteiger partial charge in [0.1, 0.15) is 0 Å². The average molecular weight is 203 g/mol. The lowest BCUT2D eigenvalue weighted by molar-refractivity contribution is -0.181. The van der Waals surface area contributed by atoms with E-state index in [1.807, 2.05) is 6.92 Å². The lowest BCUT2D eigenvalue weighted by Crippen LogP contribution is -2.32. The first kappa shape index (κ1) is 12.7. The Balaban J connectivity index is 3.99. The van der Waals surface area contributed by atoms with Gasteiger partial charge in [-0.15, -0.1) is 5.06 Å². The molecule has 0 saturated heterocycles. The minimum absolute atomic E-state index is 0.216. The molecule has 0 rings (SSSR count). The number of rotatable bonds is 3. The second kappa shape index (κ2) is 6.23. The molecule has 0 heterocycles. The van der Waals surface area contributed by atoms with Crippen molar-refractivity contribution in [3.63, 3.8) is 0 Å². The fourth-order valence-corrected chi connectivity index (χ4v) is 0.643. The first-order valence-corrected chi connectivity index (χ1v) is 4.65. The Hall–Kier alpha value is -1.26. The zero-order valence-electron chi connectivity index (χ0n) is 9.07. The quantitative estimate of drug-likeness (QED) is 0.653. The van der Waals surface area contributed by atoms with Gasteiger partial charge in [-0.25, -0.2) is 9.59 Å². The summed E-state index contributed by atoms with van der Waals surface area (Å²) in [4.78, 5) is 27.0. The largest absolute Gasteiger partial charge is 0.448 e. The number of hydrogen-bond acceptors (Lipinski definition) is 4. The minimum atomic E-state index is -0.663. The smallest absolute Gasteiger partial charge is 0.443 e. The monoisotopic (exact) mass is 203 g/mol. The third-order valence-electron chi connectivity index (χ3n) is 1.77. The van der Waals surface area contributed by atoms with Crippen LogP contribution in [0.15, 0.2) is 0 Å². The van der Waals surface area contributed by atoms with Crippen molar-refractivity contribution in [2.45, 2.75) is 27.2 Å². The molecule has 82 valence electrons. The minimum Gasteiger partial charge on any atom is -0.448 e. The SMILES string of the molecule is CCOC(=O)N(C)OC(=O)C(C)CC. The van der Waals surface area contributed by atoms with Crippen LogP contribution in [0.1, 0.15) is 27.2 Å². The molecule has 0 aliphatic rings. The molecule has 0 saturated carbocycles. The molecule has 1 unspecified atom stereocenters. The Morgan fingerprint density at radius 2 is 1.93 bits per heavy atom. The van der Waals surface area contributed by atoms with E-state index in [2.05, 4.69) is 4.74 Å². The molecule has 0 bridgehead atoms. The van der Waals surface area contributed by atoms with E-state index in [4.69, 9.17) is 4.84 Å². The summed E-state index contributed by atoms with van der Waals surface area (Å²) in [5.74, 6) is -0.644. The predicted molar refractivity (Wildman–Crippen MR) is 50.3 cm³/mol. The molecule has 1 amide bonds. The van der Waals surface area contributed by atoms with Crippen molar-refractivity contribution in [3.05, 3.63) is 0 Å². The normalized spacial score (nSPS) is 11.7. The first-order chi connectivity index (χ1) is 6.52. The highest BCUT2D eigenvalue weighted by molar-refractivity contribution is 5.74. The van der Waals surface area contributed by atoms with Crippen molar-refractivity contribution >= 4 is 12.1 Å². The Morgan fingerprint density at radius 1 is 1.36 bits per heavy atom. The summed E-state index contributed by atoms with van der Waals surface area (Å²) >= 11 is 0. The molecule has 0 aliphatic heterocycles. The molecule has 0 aromatic heterocycles. The average Bonchev–Trinajstić information content (AvgIpc) is 2.16. The van der Waals surface area contributed by atoms with E-state index in [1.54, 1.807) is 13.8 Å². The van der Waals surface area contributed by atoms with Crippen molar-refractivity contribution in [2.24, 2.45) is 5.92 Å². The topological polar surface area (TPSA) is 55.8 Å². The second-order valence-corrected chi connectivity index (χ2v) is 2.92. The molecule has 14 heavy (non-hydrogen) atoms. The van der Waals surface area contributed by atoms with Crippen LogP contribution >= 0.6 is 0 Å². The van der Waals surface area contributed by atoms with Crippen LogP contribution in [-0.4, -0.2) is 30.8 Å². The molecule has 0 aromatic rings. The van der Waals surface area contributed by atoms with Crippen molar-refractivity contribution < 1.29 is 19.2 Å². The maximum atomic E-state index is 11.2. The standard InChI is InChI=1S/C9H17NO4/c1-5-7(3)8(11)14-10(4)9(12)13-6-2/h7H,5-6H2,1-4H3. The molecule has 5 nitrogen and oxygen atoms in total. The fraction of sp³-hybridized carbons (Fsp3) is 0.778. The summed E-state index contributed by atoms with van der Waals surface area (Å²) in [6, 6.07) is 0. The van der Waals surface area contributed by atoms with Gasteiger partial charge in [0.15, 0.2) is 0 Å². The lowest BCUT2D eigenvalue weighted by atomic mass is 10.1. The van der Waals surface area contributed by atoms with Crippen molar-refractivity contribution in [1.29, 1.82) is 0 Å². The van der Waals surface area contributed by atoms with E-state index < -0.39 is 12.1 Å². The van der Waals surface area contributed by atoms with E-state index in [9.17, 15) is 9.59 Å². The third kappa shape index (κ3) is 4.11. The van der Waals surface area contributed by atoms with Crippen LogP contribution in [-0.2, 0) is 14.4 Å². The van der Waals surface area contributed by atoms with Gasteiger partial charge < -0.3 is 9.57 Å². The van der Waals surface area contributed by atoms with Crippen LogP contribution in [0, 0.1) is 5.92 Å². The van der Waals surface area contributed by atoms with Crippen LogP contribution in [0.5, 0.6) is 0 Å². The molecule has 0 N–H and O–H groups in total. The highest BCUT2D eigenvalue weighted by Crippen LogP contribution is 2.05. The van der Waals surface area contributed by atoms with E-state index in [0.29, 0.717) is 6.42 Å². The zero-order chi connectivity index (χ0) is 11.1. The summed E-state index contributed by atoms with van der Waals surface area (Å²) in [6.45, 7) is 5.55. The zero-order valence-corrected chi connectivity index (χ0v) is 9.07. The highest BCUT2D eigenvalue weighted by atomic mass is 16.7. The predicted octanol–water partition coefficient (Wildman–Crippen LogP) is 1.58. The van der Waals surface area contributed by atoms with E-state index in [-0.39, 0.29) is 12.5 Å². The molecule has 0 aliphatic carbocycles. The van der Waals surface area contributed by atoms with Crippen LogP contribution in [0.3, 0.4) is 0 Å². The number of hydrogen-bond donors (Lipinski definition) is 0. The Bertz CT molecular complexity index is 205. The summed E-state index contributed by atoms with van der Waals surface area (Å²) in [5.41, 5.74) is 0. The highest BCUT2D eigenvalue weighted by Gasteiger charge is 2.18. The summed E-state index contributed by atoms with van der Waals surface area (Å²) in [7, 11) is 1.35. The van der Waals surface area contributed by atoms with Gasteiger partial charge in [0.2, 0.25) is 0 Å². The molecular weight excluding hydrogens is 186 g/mol. The number of ether oxygens (including phenoxy) is 1. The molecule has 0 fully saturated rings. The van der Waals surface area contributed by atoms with Gasteiger partial charge in [0.05, 0.1) is 19.6 Å². The summed E-state index contributed by atoms with van der Waals surface area (Å²) in [5, 5.41) is 0.804. The van der Waals surface area contributed by atoms with Crippen molar-refractivity contribution in [3.8, 4) is 0 Å². The molecule has 5 heteroatoms. The molecule has 0 aromatic carbocycles.